The van der Waals surface area contributed by atoms with Crippen LogP contribution in [0.4, 0.5) is 0 Å². The fraction of sp³-hybridized carbons (Fsp3) is 0.727. The zero-order valence-electron chi connectivity index (χ0n) is 9.98. The van der Waals surface area contributed by atoms with Gasteiger partial charge in [0.15, 0.2) is 5.96 Å². The van der Waals surface area contributed by atoms with Gasteiger partial charge in [-0.3, -0.25) is 4.79 Å². The molecule has 0 bridgehead atoms. The molecular weight excluding hydrogens is 218 g/mol. The van der Waals surface area contributed by atoms with Crippen LogP contribution in [0, 0.1) is 11.3 Å². The van der Waals surface area contributed by atoms with E-state index in [4.69, 9.17) is 11.0 Å². The van der Waals surface area contributed by atoms with Crippen molar-refractivity contribution in [3.8, 4) is 6.07 Å². The molecule has 1 aliphatic rings. The molecule has 1 amide bonds. The molecule has 17 heavy (non-hydrogen) atoms. The summed E-state index contributed by atoms with van der Waals surface area (Å²) >= 11 is 0. The Bertz CT molecular complexity index is 312. The first-order valence-electron chi connectivity index (χ1n) is 5.92. The Hall–Kier alpha value is -1.77. The second-order valence-corrected chi connectivity index (χ2v) is 4.01. The summed E-state index contributed by atoms with van der Waals surface area (Å²) in [6.07, 6.45) is 4.70. The number of carbonyl (C=O) groups is 1. The Balaban J connectivity index is 2.36. The molecule has 0 aromatic heterocycles. The van der Waals surface area contributed by atoms with Crippen LogP contribution in [0.3, 0.4) is 0 Å². The summed E-state index contributed by atoms with van der Waals surface area (Å²) in [7, 11) is 0. The summed E-state index contributed by atoms with van der Waals surface area (Å²) in [6.45, 7) is 1.83. The van der Waals surface area contributed by atoms with Crippen LogP contribution in [-0.4, -0.2) is 42.9 Å². The fourth-order valence-corrected chi connectivity index (χ4v) is 1.75. The number of amides is 1. The zero-order valence-corrected chi connectivity index (χ0v) is 9.98. The second kappa shape index (κ2) is 7.49. The van der Waals surface area contributed by atoms with Crippen molar-refractivity contribution in [2.75, 3.05) is 26.2 Å². The van der Waals surface area contributed by atoms with E-state index >= 15 is 0 Å². The molecule has 0 spiro atoms. The standard InChI is InChI=1S/C11H19N5O/c12-5-6-14-10(17)9-15-11(13)16-7-3-1-2-4-8-16/h1-4,6-9H2,(H2,13,15)(H,14,17). The first-order chi connectivity index (χ1) is 8.24. The lowest BCUT2D eigenvalue weighted by Crippen LogP contribution is -2.39. The van der Waals surface area contributed by atoms with E-state index in [-0.39, 0.29) is 19.0 Å². The number of hydrogen-bond donors (Lipinski definition) is 2. The van der Waals surface area contributed by atoms with Crippen LogP contribution in [0.5, 0.6) is 0 Å². The average molecular weight is 237 g/mol. The molecule has 0 atom stereocenters. The fourth-order valence-electron chi connectivity index (χ4n) is 1.75. The van der Waals surface area contributed by atoms with Crippen LogP contribution in [-0.2, 0) is 4.79 Å². The maximum absolute atomic E-state index is 11.2. The predicted octanol–water partition coefficient (Wildman–Crippen LogP) is -0.183. The number of nitrogens with two attached hydrogens (primary N) is 1. The number of rotatable bonds is 3. The van der Waals surface area contributed by atoms with Crippen LogP contribution >= 0.6 is 0 Å². The highest BCUT2D eigenvalue weighted by molar-refractivity contribution is 5.84. The van der Waals surface area contributed by atoms with Crippen LogP contribution in [0.25, 0.3) is 0 Å². The van der Waals surface area contributed by atoms with Crippen molar-refractivity contribution >= 4 is 11.9 Å². The van der Waals surface area contributed by atoms with Crippen molar-refractivity contribution in [2.45, 2.75) is 25.7 Å². The average Bonchev–Trinajstić information content (AvgIpc) is 2.62. The lowest BCUT2D eigenvalue weighted by molar-refractivity contribution is -0.119. The van der Waals surface area contributed by atoms with Gasteiger partial charge >= 0.3 is 0 Å². The Labute approximate surface area is 101 Å². The minimum absolute atomic E-state index is 0.00991. The smallest absolute Gasteiger partial charge is 0.242 e. The summed E-state index contributed by atoms with van der Waals surface area (Å²) in [5, 5.41) is 10.7. The van der Waals surface area contributed by atoms with E-state index in [1.54, 1.807) is 0 Å². The molecule has 1 heterocycles. The van der Waals surface area contributed by atoms with E-state index < -0.39 is 0 Å². The number of carbonyl (C=O) groups excluding carboxylic acids is 1. The lowest BCUT2D eigenvalue weighted by Gasteiger charge is -2.20. The Morgan fingerprint density at radius 2 is 2.00 bits per heavy atom. The third kappa shape index (κ3) is 5.20. The van der Waals surface area contributed by atoms with Gasteiger partial charge in [0, 0.05) is 13.1 Å². The van der Waals surface area contributed by atoms with Gasteiger partial charge in [-0.05, 0) is 12.8 Å². The van der Waals surface area contributed by atoms with Crippen molar-refractivity contribution < 1.29 is 4.79 Å². The predicted molar refractivity (Wildman–Crippen MR) is 65.2 cm³/mol. The number of guanidine groups is 1. The molecule has 0 aromatic rings. The highest BCUT2D eigenvalue weighted by Crippen LogP contribution is 2.08. The molecule has 0 aromatic carbocycles. The van der Waals surface area contributed by atoms with Crippen molar-refractivity contribution in [3.05, 3.63) is 0 Å². The second-order valence-electron chi connectivity index (χ2n) is 4.01. The molecule has 0 radical (unpaired) electrons. The number of nitrogens with one attached hydrogen (secondary N) is 1. The molecule has 0 saturated carbocycles. The molecule has 0 unspecified atom stereocenters. The minimum Gasteiger partial charge on any atom is -0.370 e. The highest BCUT2D eigenvalue weighted by atomic mass is 16.1. The van der Waals surface area contributed by atoms with E-state index in [2.05, 4.69) is 10.3 Å². The molecular formula is C11H19N5O. The third-order valence-corrected chi connectivity index (χ3v) is 2.68. The summed E-state index contributed by atoms with van der Waals surface area (Å²) in [4.78, 5) is 17.3. The number of hydrogen-bond acceptors (Lipinski definition) is 3. The van der Waals surface area contributed by atoms with Crippen molar-refractivity contribution in [3.63, 3.8) is 0 Å². The monoisotopic (exact) mass is 237 g/mol. The third-order valence-electron chi connectivity index (χ3n) is 2.68. The van der Waals surface area contributed by atoms with Gasteiger partial charge in [-0.15, -0.1) is 0 Å². The van der Waals surface area contributed by atoms with E-state index in [9.17, 15) is 4.79 Å². The zero-order chi connectivity index (χ0) is 12.5. The largest absolute Gasteiger partial charge is 0.370 e. The van der Waals surface area contributed by atoms with Gasteiger partial charge in [-0.2, -0.15) is 5.26 Å². The maximum atomic E-state index is 11.2. The van der Waals surface area contributed by atoms with Gasteiger partial charge in [0.2, 0.25) is 5.91 Å². The van der Waals surface area contributed by atoms with Gasteiger partial charge in [0.05, 0.1) is 6.07 Å². The summed E-state index contributed by atoms with van der Waals surface area (Å²) in [5.74, 6) is 0.156. The maximum Gasteiger partial charge on any atom is 0.242 e. The number of nitriles is 1. The lowest BCUT2D eigenvalue weighted by atomic mass is 10.2. The quantitative estimate of drug-likeness (QED) is 0.404. The van der Waals surface area contributed by atoms with Crippen LogP contribution in [0.1, 0.15) is 25.7 Å². The highest BCUT2D eigenvalue weighted by Gasteiger charge is 2.11. The van der Waals surface area contributed by atoms with Gasteiger partial charge in [-0.1, -0.05) is 12.8 Å². The molecule has 3 N–H and O–H groups in total. The molecule has 6 nitrogen and oxygen atoms in total. The number of likely N-dealkylation sites (tertiary alicyclic amines) is 1. The summed E-state index contributed by atoms with van der Waals surface area (Å²) in [5.41, 5.74) is 5.83. The van der Waals surface area contributed by atoms with E-state index in [0.29, 0.717) is 5.96 Å². The molecule has 1 rings (SSSR count). The first kappa shape index (κ1) is 13.3. The molecule has 1 aliphatic heterocycles. The summed E-state index contributed by atoms with van der Waals surface area (Å²) in [6, 6.07) is 1.84. The summed E-state index contributed by atoms with van der Waals surface area (Å²) < 4.78 is 0. The molecule has 1 saturated heterocycles. The molecule has 6 heteroatoms. The van der Waals surface area contributed by atoms with E-state index in [1.165, 1.54) is 12.8 Å². The minimum atomic E-state index is -0.274. The topological polar surface area (TPSA) is 94.5 Å². The first-order valence-corrected chi connectivity index (χ1v) is 5.92. The van der Waals surface area contributed by atoms with E-state index in [1.807, 2.05) is 11.0 Å². The molecule has 1 fully saturated rings. The molecule has 0 aliphatic carbocycles. The van der Waals surface area contributed by atoms with Crippen LogP contribution < -0.4 is 11.1 Å². The number of nitrogens with zero attached hydrogens (tertiary/aromatic N) is 3. The number of aliphatic imine (C=N–C) groups is 1. The normalized spacial score (nSPS) is 17.1. The van der Waals surface area contributed by atoms with E-state index in [0.717, 1.165) is 25.9 Å². The van der Waals surface area contributed by atoms with Crippen molar-refractivity contribution in [1.29, 1.82) is 5.26 Å². The SMILES string of the molecule is N#CCNC(=O)CN=C(N)N1CCCCCC1. The Morgan fingerprint density at radius 3 is 2.59 bits per heavy atom. The van der Waals surface area contributed by atoms with Gasteiger partial charge in [0.1, 0.15) is 13.1 Å². The van der Waals surface area contributed by atoms with Crippen LogP contribution in [0.15, 0.2) is 4.99 Å². The Kier molecular flexibility index (Phi) is 5.86. The van der Waals surface area contributed by atoms with Gasteiger partial charge in [0.25, 0.3) is 0 Å². The van der Waals surface area contributed by atoms with Crippen molar-refractivity contribution in [2.24, 2.45) is 10.7 Å². The van der Waals surface area contributed by atoms with Crippen LogP contribution in [0.2, 0.25) is 0 Å². The van der Waals surface area contributed by atoms with Crippen molar-refractivity contribution in [1.82, 2.24) is 10.2 Å². The van der Waals surface area contributed by atoms with Gasteiger partial charge in [-0.25, -0.2) is 4.99 Å². The Morgan fingerprint density at radius 1 is 1.35 bits per heavy atom. The van der Waals surface area contributed by atoms with Gasteiger partial charge < -0.3 is 16.0 Å². The molecule has 94 valence electrons.